The Balaban J connectivity index is -0.000000213. The molecule has 0 saturated carbocycles. The summed E-state index contributed by atoms with van der Waals surface area (Å²) in [5.74, 6) is -0.106. The van der Waals surface area contributed by atoms with Crippen molar-refractivity contribution in [3.63, 3.8) is 0 Å². The van der Waals surface area contributed by atoms with Gasteiger partial charge in [-0.3, -0.25) is 6.58 Å². The Morgan fingerprint density at radius 1 is 1.12 bits per heavy atom. The van der Waals surface area contributed by atoms with E-state index < -0.39 is 0 Å². The molecular formula is C15H21ORb. The van der Waals surface area contributed by atoms with E-state index >= 15 is 0 Å². The number of hydrogen-bond donors (Lipinski definition) is 0. The van der Waals surface area contributed by atoms with E-state index in [-0.39, 0.29) is 64.0 Å². The first-order valence-electron chi connectivity index (χ1n) is 5.32. The van der Waals surface area contributed by atoms with Crippen LogP contribution in [0.2, 0.25) is 0 Å². The monoisotopic (exact) mass is 302 g/mol. The third-order valence-electron chi connectivity index (χ3n) is 1.52. The van der Waals surface area contributed by atoms with Gasteiger partial charge in [0.05, 0.1) is 0 Å². The Hall–Kier alpha value is 0.175. The van der Waals surface area contributed by atoms with Gasteiger partial charge in [-0.25, -0.2) is 0 Å². The zero-order chi connectivity index (χ0) is 13.0. The van der Waals surface area contributed by atoms with E-state index in [1.54, 1.807) is 0 Å². The Labute approximate surface area is 155 Å². The van der Waals surface area contributed by atoms with Gasteiger partial charge in [-0.2, -0.15) is 0 Å². The standard InChI is InChI=1S/C9H10.C4H5O.C2H6.Rb/c1-8(2)9-6-4-3-5-7-9;1-3-4(2)5;1-2;/h3-7H,1H2,2H3;1H2,2H3;1-2H3;/q;-1;;+1. The maximum atomic E-state index is 9.64. The second kappa shape index (κ2) is 16.2. The molecule has 0 aliphatic heterocycles. The molecule has 0 bridgehead atoms. The molecule has 0 saturated heterocycles. The van der Waals surface area contributed by atoms with Crippen molar-refractivity contribution in [3.8, 4) is 0 Å². The third-order valence-corrected chi connectivity index (χ3v) is 1.52. The van der Waals surface area contributed by atoms with E-state index in [1.807, 2.05) is 39.0 Å². The summed E-state index contributed by atoms with van der Waals surface area (Å²) in [6.45, 7) is 14.3. The minimum Gasteiger partial charge on any atom is -0.435 e. The number of ketones is 1. The van der Waals surface area contributed by atoms with Crippen molar-refractivity contribution >= 4 is 11.4 Å². The van der Waals surface area contributed by atoms with Gasteiger partial charge < -0.3 is 10.9 Å². The molecule has 0 aliphatic carbocycles. The van der Waals surface area contributed by atoms with Gasteiger partial charge in [0.15, 0.2) is 0 Å². The van der Waals surface area contributed by atoms with Crippen molar-refractivity contribution in [1.29, 1.82) is 0 Å². The molecule has 1 aromatic carbocycles. The normalized spacial score (nSPS) is 7.06. The van der Waals surface area contributed by atoms with Crippen molar-refractivity contribution < 1.29 is 63.0 Å². The van der Waals surface area contributed by atoms with Gasteiger partial charge in [0.25, 0.3) is 0 Å². The van der Waals surface area contributed by atoms with Gasteiger partial charge >= 0.3 is 58.2 Å². The van der Waals surface area contributed by atoms with Crippen LogP contribution in [0.5, 0.6) is 0 Å². The van der Waals surface area contributed by atoms with Gasteiger partial charge in [0.2, 0.25) is 0 Å². The summed E-state index contributed by atoms with van der Waals surface area (Å²) in [6.07, 6.45) is 2.14. The number of benzene rings is 1. The number of allylic oxidation sites excluding steroid dienone is 2. The number of Topliss-reactive ketones (excluding diaryl/α,β-unsaturated/α-hetero) is 1. The zero-order valence-corrected chi connectivity index (χ0v) is 16.6. The quantitative estimate of drug-likeness (QED) is 0.595. The van der Waals surface area contributed by atoms with Crippen LogP contribution in [0.4, 0.5) is 0 Å². The van der Waals surface area contributed by atoms with Crippen LogP contribution in [0.1, 0.15) is 33.3 Å². The van der Waals surface area contributed by atoms with Gasteiger partial charge in [-0.05, 0) is 25.2 Å². The van der Waals surface area contributed by atoms with E-state index in [1.165, 1.54) is 12.5 Å². The molecule has 1 aromatic rings. The fourth-order valence-corrected chi connectivity index (χ4v) is 0.723. The fraction of sp³-hybridized carbons (Fsp3) is 0.267. The summed E-state index contributed by atoms with van der Waals surface area (Å²) in [4.78, 5) is 9.64. The molecular weight excluding hydrogens is 282 g/mol. The molecule has 17 heavy (non-hydrogen) atoms. The average molecular weight is 303 g/mol. The van der Waals surface area contributed by atoms with E-state index in [0.29, 0.717) is 0 Å². The van der Waals surface area contributed by atoms with Crippen LogP contribution in [0.15, 0.2) is 43.5 Å². The largest absolute Gasteiger partial charge is 1.00 e. The van der Waals surface area contributed by atoms with Crippen molar-refractivity contribution in [3.05, 3.63) is 55.1 Å². The van der Waals surface area contributed by atoms with Crippen molar-refractivity contribution in [1.82, 2.24) is 0 Å². The molecule has 1 rings (SSSR count). The molecule has 88 valence electrons. The van der Waals surface area contributed by atoms with Crippen LogP contribution >= 0.6 is 0 Å². The third kappa shape index (κ3) is 16.2. The van der Waals surface area contributed by atoms with Crippen molar-refractivity contribution in [2.45, 2.75) is 27.7 Å². The first-order valence-corrected chi connectivity index (χ1v) is 5.32. The van der Waals surface area contributed by atoms with Crippen LogP contribution in [0, 0.1) is 6.08 Å². The van der Waals surface area contributed by atoms with Crippen LogP contribution < -0.4 is 58.2 Å². The molecule has 0 N–H and O–H groups in total. The second-order valence-corrected chi connectivity index (χ2v) is 2.88. The van der Waals surface area contributed by atoms with E-state index in [9.17, 15) is 4.79 Å². The maximum Gasteiger partial charge on any atom is 1.00 e. The Bertz CT molecular complexity index is 315. The van der Waals surface area contributed by atoms with Crippen LogP contribution in [-0.2, 0) is 4.79 Å². The molecule has 0 amide bonds. The maximum absolute atomic E-state index is 9.64. The predicted octanol–water partition coefficient (Wildman–Crippen LogP) is 1.31. The smallest absolute Gasteiger partial charge is 0.435 e. The van der Waals surface area contributed by atoms with E-state index in [2.05, 4.69) is 31.4 Å². The Morgan fingerprint density at radius 3 is 1.65 bits per heavy atom. The van der Waals surface area contributed by atoms with Gasteiger partial charge in [-0.15, -0.1) is 0 Å². The Morgan fingerprint density at radius 2 is 1.47 bits per heavy atom. The van der Waals surface area contributed by atoms with Crippen LogP contribution in [0.25, 0.3) is 5.57 Å². The van der Waals surface area contributed by atoms with E-state index in [4.69, 9.17) is 0 Å². The molecule has 0 atom stereocenters. The summed E-state index contributed by atoms with van der Waals surface area (Å²) in [7, 11) is 0. The zero-order valence-electron chi connectivity index (χ0n) is 11.7. The number of rotatable bonds is 2. The molecule has 0 radical (unpaired) electrons. The van der Waals surface area contributed by atoms with Gasteiger partial charge in [0, 0.05) is 0 Å². The SMILES string of the molecule is C=C(C)c1ccccc1.C=[C-]C(C)=O.CC.[Rb+]. The van der Waals surface area contributed by atoms with Crippen LogP contribution in [-0.4, -0.2) is 5.78 Å². The predicted molar refractivity (Wildman–Crippen MR) is 72.0 cm³/mol. The first-order chi connectivity index (χ1) is 7.57. The van der Waals surface area contributed by atoms with Crippen LogP contribution in [0.3, 0.4) is 0 Å². The molecule has 0 heterocycles. The summed E-state index contributed by atoms with van der Waals surface area (Å²) < 4.78 is 0. The average Bonchev–Trinajstić information content (AvgIpc) is 2.33. The molecule has 0 fully saturated rings. The molecule has 0 aliphatic rings. The second-order valence-electron chi connectivity index (χ2n) is 2.88. The molecule has 1 nitrogen and oxygen atoms in total. The van der Waals surface area contributed by atoms with E-state index in [0.717, 1.165) is 5.57 Å². The summed E-state index contributed by atoms with van der Waals surface area (Å²) >= 11 is 0. The number of carbonyl (C=O) groups is 1. The fourth-order valence-electron chi connectivity index (χ4n) is 0.723. The number of hydrogen-bond acceptors (Lipinski definition) is 1. The van der Waals surface area contributed by atoms with Crippen molar-refractivity contribution in [2.24, 2.45) is 0 Å². The minimum absolute atomic E-state index is 0. The number of carbonyl (C=O) groups excluding carboxylic acids is 1. The molecule has 2 heteroatoms. The van der Waals surface area contributed by atoms with Gasteiger partial charge in [-0.1, -0.05) is 56.3 Å². The summed E-state index contributed by atoms with van der Waals surface area (Å²) in [6, 6.07) is 10.2. The summed E-state index contributed by atoms with van der Waals surface area (Å²) in [5.41, 5.74) is 2.34. The first kappa shape index (κ1) is 22.4. The molecule has 0 spiro atoms. The summed E-state index contributed by atoms with van der Waals surface area (Å²) in [5, 5.41) is 0. The van der Waals surface area contributed by atoms with Crippen molar-refractivity contribution in [2.75, 3.05) is 0 Å². The van der Waals surface area contributed by atoms with Gasteiger partial charge in [0.1, 0.15) is 0 Å². The molecule has 0 aromatic heterocycles. The minimum atomic E-state index is -0.106. The molecule has 0 unspecified atom stereocenters. The topological polar surface area (TPSA) is 17.1 Å². The Kier molecular flexibility index (Phi) is 21.3.